The van der Waals surface area contributed by atoms with Gasteiger partial charge in [-0.3, -0.25) is 0 Å². The maximum absolute atomic E-state index is 4.70. The molecule has 7 heteroatoms. The summed E-state index contributed by atoms with van der Waals surface area (Å²) in [5.74, 6) is 2.00. The van der Waals surface area contributed by atoms with Crippen LogP contribution < -0.4 is 5.32 Å². The van der Waals surface area contributed by atoms with Crippen molar-refractivity contribution in [3.8, 4) is 11.3 Å². The predicted octanol–water partition coefficient (Wildman–Crippen LogP) is 3.17. The average Bonchev–Trinajstić information content (AvgIpc) is 3.24. The Bertz CT molecular complexity index is 833. The van der Waals surface area contributed by atoms with E-state index in [0.29, 0.717) is 6.04 Å². The van der Waals surface area contributed by atoms with Crippen LogP contribution in [0.4, 0.5) is 5.82 Å². The van der Waals surface area contributed by atoms with Crippen LogP contribution in [0, 0.1) is 0 Å². The zero-order valence-electron chi connectivity index (χ0n) is 13.6. The monoisotopic (exact) mass is 340 g/mol. The van der Waals surface area contributed by atoms with E-state index in [1.165, 1.54) is 0 Å². The Morgan fingerprint density at radius 1 is 1.38 bits per heavy atom. The molecule has 3 aromatic heterocycles. The lowest BCUT2D eigenvalue weighted by Gasteiger charge is -2.17. The van der Waals surface area contributed by atoms with Crippen LogP contribution in [-0.2, 0) is 0 Å². The first-order valence-corrected chi connectivity index (χ1v) is 9.17. The van der Waals surface area contributed by atoms with Crippen molar-refractivity contribution in [3.05, 3.63) is 36.8 Å². The quantitative estimate of drug-likeness (QED) is 0.695. The molecule has 1 fully saturated rings. The minimum Gasteiger partial charge on any atom is -0.365 e. The number of nitrogens with zero attached hydrogens (tertiary/aromatic N) is 4. The Labute approximate surface area is 145 Å². The lowest BCUT2D eigenvalue weighted by molar-refractivity contribution is 0.579. The SMILES string of the molecule is CCSN1CCC(Nc2ncccc2-c2cnc3[nH]ccc3n2)C1. The highest BCUT2D eigenvalue weighted by molar-refractivity contribution is 7.96. The number of anilines is 1. The first-order valence-electron chi connectivity index (χ1n) is 8.23. The number of fused-ring (bicyclic) bond motifs is 1. The first kappa shape index (κ1) is 15.4. The summed E-state index contributed by atoms with van der Waals surface area (Å²) < 4.78 is 2.42. The molecule has 24 heavy (non-hydrogen) atoms. The standard InChI is InChI=1S/C17H20N6S/c1-2-24-23-9-6-12(11-23)21-16-13(4-3-7-18-16)15-10-20-17-14(22-15)5-8-19-17/h3-5,7-8,10,12H,2,6,9,11H2,1H3,(H,18,21)(H,19,20). The maximum Gasteiger partial charge on any atom is 0.156 e. The van der Waals surface area contributed by atoms with Crippen molar-refractivity contribution in [1.82, 2.24) is 24.2 Å². The molecular weight excluding hydrogens is 320 g/mol. The van der Waals surface area contributed by atoms with Crippen molar-refractivity contribution >= 4 is 28.9 Å². The molecule has 0 spiro atoms. The normalized spacial score (nSPS) is 18.3. The van der Waals surface area contributed by atoms with Gasteiger partial charge in [0.05, 0.1) is 11.9 Å². The lowest BCUT2D eigenvalue weighted by atomic mass is 10.1. The van der Waals surface area contributed by atoms with Crippen LogP contribution in [-0.4, -0.2) is 49.1 Å². The van der Waals surface area contributed by atoms with E-state index in [2.05, 4.69) is 31.5 Å². The summed E-state index contributed by atoms with van der Waals surface area (Å²) in [6.07, 6.45) is 6.61. The Hall–Kier alpha value is -2.12. The summed E-state index contributed by atoms with van der Waals surface area (Å²) in [7, 11) is 0. The van der Waals surface area contributed by atoms with Crippen LogP contribution in [0.15, 0.2) is 36.8 Å². The van der Waals surface area contributed by atoms with Crippen LogP contribution in [0.2, 0.25) is 0 Å². The molecule has 4 rings (SSSR count). The van der Waals surface area contributed by atoms with Crippen LogP contribution >= 0.6 is 11.9 Å². The molecule has 1 saturated heterocycles. The first-order chi connectivity index (χ1) is 11.8. The zero-order valence-corrected chi connectivity index (χ0v) is 14.4. The molecule has 1 aliphatic rings. The van der Waals surface area contributed by atoms with Crippen molar-refractivity contribution in [3.63, 3.8) is 0 Å². The fourth-order valence-electron chi connectivity index (χ4n) is 3.03. The summed E-state index contributed by atoms with van der Waals surface area (Å²) >= 11 is 1.90. The molecule has 1 atom stereocenters. The highest BCUT2D eigenvalue weighted by atomic mass is 32.2. The Morgan fingerprint density at radius 3 is 3.25 bits per heavy atom. The molecule has 4 heterocycles. The van der Waals surface area contributed by atoms with Gasteiger partial charge < -0.3 is 10.3 Å². The number of hydrogen-bond donors (Lipinski definition) is 2. The predicted molar refractivity (Wildman–Crippen MR) is 98.9 cm³/mol. The smallest absolute Gasteiger partial charge is 0.156 e. The van der Waals surface area contributed by atoms with Gasteiger partial charge in [-0.15, -0.1) is 0 Å². The Morgan fingerprint density at radius 2 is 2.33 bits per heavy atom. The van der Waals surface area contributed by atoms with Gasteiger partial charge in [-0.2, -0.15) is 0 Å². The number of hydrogen-bond acceptors (Lipinski definition) is 6. The second-order valence-electron chi connectivity index (χ2n) is 5.80. The van der Waals surface area contributed by atoms with Gasteiger partial charge in [-0.1, -0.05) is 18.9 Å². The minimum absolute atomic E-state index is 0.418. The van der Waals surface area contributed by atoms with Gasteiger partial charge in [-0.05, 0) is 24.6 Å². The maximum atomic E-state index is 4.70. The third-order valence-electron chi connectivity index (χ3n) is 4.15. The molecule has 1 aliphatic heterocycles. The topological polar surface area (TPSA) is 69.7 Å². The van der Waals surface area contributed by atoms with Gasteiger partial charge in [0, 0.05) is 42.8 Å². The molecule has 2 N–H and O–H groups in total. The van der Waals surface area contributed by atoms with Crippen molar-refractivity contribution < 1.29 is 0 Å². The van der Waals surface area contributed by atoms with Gasteiger partial charge in [0.25, 0.3) is 0 Å². The molecule has 0 radical (unpaired) electrons. The van der Waals surface area contributed by atoms with E-state index in [0.717, 1.165) is 53.5 Å². The molecule has 3 aromatic rings. The van der Waals surface area contributed by atoms with E-state index in [4.69, 9.17) is 4.98 Å². The van der Waals surface area contributed by atoms with Crippen LogP contribution in [0.1, 0.15) is 13.3 Å². The van der Waals surface area contributed by atoms with E-state index in [-0.39, 0.29) is 0 Å². The molecule has 1 unspecified atom stereocenters. The molecular formula is C17H20N6S. The number of aromatic nitrogens is 4. The molecule has 0 aliphatic carbocycles. The Kier molecular flexibility index (Phi) is 4.36. The van der Waals surface area contributed by atoms with Crippen LogP contribution in [0.25, 0.3) is 22.4 Å². The van der Waals surface area contributed by atoms with E-state index >= 15 is 0 Å². The van der Waals surface area contributed by atoms with E-state index in [9.17, 15) is 0 Å². The molecule has 0 amide bonds. The van der Waals surface area contributed by atoms with Crippen LogP contribution in [0.5, 0.6) is 0 Å². The number of aromatic amines is 1. The van der Waals surface area contributed by atoms with E-state index < -0.39 is 0 Å². The van der Waals surface area contributed by atoms with Crippen molar-refractivity contribution in [1.29, 1.82) is 0 Å². The minimum atomic E-state index is 0.418. The lowest BCUT2D eigenvalue weighted by Crippen LogP contribution is -2.23. The summed E-state index contributed by atoms with van der Waals surface area (Å²) in [4.78, 5) is 16.8. The molecule has 0 bridgehead atoms. The summed E-state index contributed by atoms with van der Waals surface area (Å²) in [6, 6.07) is 6.34. The summed E-state index contributed by atoms with van der Waals surface area (Å²) in [6.45, 7) is 4.35. The second kappa shape index (κ2) is 6.78. The molecule has 0 saturated carbocycles. The fourth-order valence-corrected chi connectivity index (χ4v) is 3.91. The van der Waals surface area contributed by atoms with Gasteiger partial charge in [0.1, 0.15) is 11.3 Å². The number of nitrogens with one attached hydrogen (secondary N) is 2. The van der Waals surface area contributed by atoms with Gasteiger partial charge in [0.2, 0.25) is 0 Å². The van der Waals surface area contributed by atoms with Crippen molar-refractivity contribution in [2.24, 2.45) is 0 Å². The van der Waals surface area contributed by atoms with Crippen molar-refractivity contribution in [2.45, 2.75) is 19.4 Å². The third kappa shape index (κ3) is 3.09. The summed E-state index contributed by atoms with van der Waals surface area (Å²) in [5.41, 5.74) is 3.51. The highest BCUT2D eigenvalue weighted by Gasteiger charge is 2.23. The molecule has 0 aromatic carbocycles. The molecule has 6 nitrogen and oxygen atoms in total. The highest BCUT2D eigenvalue weighted by Crippen LogP contribution is 2.27. The van der Waals surface area contributed by atoms with Crippen molar-refractivity contribution in [2.75, 3.05) is 24.2 Å². The third-order valence-corrected chi connectivity index (χ3v) is 5.10. The largest absolute Gasteiger partial charge is 0.365 e. The number of H-pyrrole nitrogens is 1. The zero-order chi connectivity index (χ0) is 16.4. The van der Waals surface area contributed by atoms with E-state index in [1.807, 2.05) is 42.5 Å². The number of pyridine rings is 1. The van der Waals surface area contributed by atoms with Gasteiger partial charge >= 0.3 is 0 Å². The summed E-state index contributed by atoms with van der Waals surface area (Å²) in [5, 5.41) is 3.60. The van der Waals surface area contributed by atoms with E-state index in [1.54, 1.807) is 6.20 Å². The molecule has 124 valence electrons. The van der Waals surface area contributed by atoms with Crippen LogP contribution in [0.3, 0.4) is 0 Å². The second-order valence-corrected chi connectivity index (χ2v) is 7.15. The Balaban J connectivity index is 1.58. The van der Waals surface area contributed by atoms with Gasteiger partial charge in [0.15, 0.2) is 5.65 Å². The van der Waals surface area contributed by atoms with Gasteiger partial charge in [-0.25, -0.2) is 19.3 Å². The average molecular weight is 340 g/mol. The number of rotatable bonds is 5. The fraction of sp³-hybridized carbons (Fsp3) is 0.353.